The summed E-state index contributed by atoms with van der Waals surface area (Å²) in [5.74, 6) is 0.727. The van der Waals surface area contributed by atoms with Gasteiger partial charge in [-0.15, -0.1) is 0 Å². The van der Waals surface area contributed by atoms with E-state index >= 15 is 0 Å². The van der Waals surface area contributed by atoms with Gasteiger partial charge in [0.2, 0.25) is 5.88 Å². The molecule has 0 saturated heterocycles. The summed E-state index contributed by atoms with van der Waals surface area (Å²) in [6, 6.07) is 26.4. The molecule has 1 N–H and O–H groups in total. The second-order valence-corrected chi connectivity index (χ2v) is 6.68. The molecule has 4 rings (SSSR count). The summed E-state index contributed by atoms with van der Waals surface area (Å²) in [7, 11) is 0. The number of carbonyl (C=O) groups excluding carboxylic acids is 1. The molecule has 0 atom stereocenters. The molecule has 30 heavy (non-hydrogen) atoms. The van der Waals surface area contributed by atoms with E-state index in [1.807, 2.05) is 48.5 Å². The van der Waals surface area contributed by atoms with Crippen LogP contribution in [0.4, 0.5) is 4.39 Å². The maximum absolute atomic E-state index is 13.1. The number of nitrogens with zero attached hydrogens (tertiary/aromatic N) is 1. The monoisotopic (exact) mass is 398 g/mol. The van der Waals surface area contributed by atoms with Crippen molar-refractivity contribution in [2.45, 2.75) is 6.54 Å². The third-order valence-electron chi connectivity index (χ3n) is 4.54. The van der Waals surface area contributed by atoms with Gasteiger partial charge >= 0.3 is 0 Å². The number of hydrogen-bond donors (Lipinski definition) is 1. The first-order chi connectivity index (χ1) is 14.7. The molecule has 0 aliphatic rings. The van der Waals surface area contributed by atoms with Gasteiger partial charge in [-0.2, -0.15) is 0 Å². The average Bonchev–Trinajstić information content (AvgIpc) is 2.79. The molecule has 0 aliphatic heterocycles. The molecule has 0 bridgehead atoms. The molecule has 0 radical (unpaired) electrons. The van der Waals surface area contributed by atoms with Gasteiger partial charge in [0, 0.05) is 24.4 Å². The van der Waals surface area contributed by atoms with E-state index in [1.54, 1.807) is 36.5 Å². The number of carbonyl (C=O) groups is 1. The predicted molar refractivity (Wildman–Crippen MR) is 114 cm³/mol. The van der Waals surface area contributed by atoms with Crippen LogP contribution in [0.25, 0.3) is 11.1 Å². The summed E-state index contributed by atoms with van der Waals surface area (Å²) >= 11 is 0. The van der Waals surface area contributed by atoms with Gasteiger partial charge < -0.3 is 10.1 Å². The molecule has 148 valence electrons. The van der Waals surface area contributed by atoms with Crippen molar-refractivity contribution in [2.75, 3.05) is 0 Å². The van der Waals surface area contributed by atoms with Crippen molar-refractivity contribution in [3.63, 3.8) is 0 Å². The third-order valence-corrected chi connectivity index (χ3v) is 4.54. The quantitative estimate of drug-likeness (QED) is 0.459. The van der Waals surface area contributed by atoms with E-state index in [0.717, 1.165) is 16.7 Å². The fraction of sp³-hybridized carbons (Fsp3) is 0.0400. The van der Waals surface area contributed by atoms with Crippen LogP contribution in [-0.4, -0.2) is 10.9 Å². The smallest absolute Gasteiger partial charge is 0.251 e. The molecule has 4 aromatic rings. The van der Waals surface area contributed by atoms with Crippen molar-refractivity contribution in [1.29, 1.82) is 0 Å². The molecule has 1 amide bonds. The first kappa shape index (κ1) is 19.3. The fourth-order valence-electron chi connectivity index (χ4n) is 2.99. The number of nitrogens with one attached hydrogen (secondary N) is 1. The largest absolute Gasteiger partial charge is 0.439 e. The van der Waals surface area contributed by atoms with Crippen LogP contribution in [0.5, 0.6) is 11.6 Å². The number of pyridine rings is 1. The van der Waals surface area contributed by atoms with Gasteiger partial charge in [-0.05, 0) is 59.2 Å². The van der Waals surface area contributed by atoms with E-state index in [0.29, 0.717) is 23.7 Å². The van der Waals surface area contributed by atoms with Crippen molar-refractivity contribution in [3.8, 4) is 22.8 Å². The molecule has 0 spiro atoms. The van der Waals surface area contributed by atoms with Crippen LogP contribution < -0.4 is 10.1 Å². The highest BCUT2D eigenvalue weighted by Gasteiger charge is 2.07. The standard InChI is InChI=1S/C25H19FN2O2/c26-22-13-11-20(12-14-22)19-7-9-21(10-8-19)25(29)28-17-18-4-3-5-23(16-18)30-24-6-1-2-15-27-24/h1-16H,17H2,(H,28,29). The molecular weight excluding hydrogens is 379 g/mol. The number of ether oxygens (including phenoxy) is 1. The lowest BCUT2D eigenvalue weighted by Crippen LogP contribution is -2.22. The van der Waals surface area contributed by atoms with Crippen LogP contribution in [0.15, 0.2) is 97.2 Å². The number of rotatable bonds is 6. The summed E-state index contributed by atoms with van der Waals surface area (Å²) in [4.78, 5) is 16.6. The SMILES string of the molecule is O=C(NCc1cccc(Oc2ccccn2)c1)c1ccc(-c2ccc(F)cc2)cc1. The topological polar surface area (TPSA) is 51.2 Å². The van der Waals surface area contributed by atoms with Crippen LogP contribution in [0.1, 0.15) is 15.9 Å². The Bertz CT molecular complexity index is 1130. The molecule has 0 aliphatic carbocycles. The van der Waals surface area contributed by atoms with Crippen molar-refractivity contribution < 1.29 is 13.9 Å². The predicted octanol–water partition coefficient (Wildman–Crippen LogP) is 5.61. The van der Waals surface area contributed by atoms with Crippen LogP contribution >= 0.6 is 0 Å². The number of benzene rings is 3. The van der Waals surface area contributed by atoms with Gasteiger partial charge in [0.15, 0.2) is 0 Å². The second kappa shape index (κ2) is 9.01. The van der Waals surface area contributed by atoms with E-state index in [-0.39, 0.29) is 11.7 Å². The van der Waals surface area contributed by atoms with E-state index in [9.17, 15) is 9.18 Å². The number of hydrogen-bond acceptors (Lipinski definition) is 3. The average molecular weight is 398 g/mol. The van der Waals surface area contributed by atoms with E-state index in [2.05, 4.69) is 10.3 Å². The van der Waals surface area contributed by atoms with Gasteiger partial charge in [-0.1, -0.05) is 42.5 Å². The Balaban J connectivity index is 1.37. The zero-order valence-electron chi connectivity index (χ0n) is 16.1. The summed E-state index contributed by atoms with van der Waals surface area (Å²) in [6.07, 6.45) is 1.67. The Morgan fingerprint density at radius 3 is 2.30 bits per heavy atom. The summed E-state index contributed by atoms with van der Waals surface area (Å²) < 4.78 is 18.8. The maximum atomic E-state index is 13.1. The van der Waals surface area contributed by atoms with Crippen molar-refractivity contribution in [1.82, 2.24) is 10.3 Å². The van der Waals surface area contributed by atoms with Crippen LogP contribution in [0.3, 0.4) is 0 Å². The summed E-state index contributed by atoms with van der Waals surface area (Å²) in [6.45, 7) is 0.373. The highest BCUT2D eigenvalue weighted by atomic mass is 19.1. The maximum Gasteiger partial charge on any atom is 0.251 e. The van der Waals surface area contributed by atoms with Gasteiger partial charge in [0.1, 0.15) is 11.6 Å². The minimum atomic E-state index is -0.274. The second-order valence-electron chi connectivity index (χ2n) is 6.68. The van der Waals surface area contributed by atoms with E-state index in [4.69, 9.17) is 4.74 Å². The minimum Gasteiger partial charge on any atom is -0.439 e. The van der Waals surface area contributed by atoms with Gasteiger partial charge in [-0.3, -0.25) is 4.79 Å². The third kappa shape index (κ3) is 4.89. The normalized spacial score (nSPS) is 10.4. The van der Waals surface area contributed by atoms with Gasteiger partial charge in [-0.25, -0.2) is 9.37 Å². The Hall–Kier alpha value is -3.99. The highest BCUT2D eigenvalue weighted by molar-refractivity contribution is 5.94. The van der Waals surface area contributed by atoms with Crippen molar-refractivity contribution in [3.05, 3.63) is 114 Å². The molecular formula is C25H19FN2O2. The molecule has 3 aromatic carbocycles. The van der Waals surface area contributed by atoms with Crippen LogP contribution in [0, 0.1) is 5.82 Å². The highest BCUT2D eigenvalue weighted by Crippen LogP contribution is 2.21. The van der Waals surface area contributed by atoms with Crippen LogP contribution in [0.2, 0.25) is 0 Å². The summed E-state index contributed by atoms with van der Waals surface area (Å²) in [5, 5.41) is 2.91. The first-order valence-corrected chi connectivity index (χ1v) is 9.49. The number of halogens is 1. The Labute approximate surface area is 174 Å². The van der Waals surface area contributed by atoms with Crippen molar-refractivity contribution in [2.24, 2.45) is 0 Å². The lowest BCUT2D eigenvalue weighted by Gasteiger charge is -2.09. The number of amides is 1. The Morgan fingerprint density at radius 2 is 1.60 bits per heavy atom. The molecule has 1 aromatic heterocycles. The van der Waals surface area contributed by atoms with Gasteiger partial charge in [0.25, 0.3) is 5.91 Å². The lowest BCUT2D eigenvalue weighted by atomic mass is 10.0. The van der Waals surface area contributed by atoms with Crippen LogP contribution in [-0.2, 0) is 6.54 Å². The number of aromatic nitrogens is 1. The molecule has 0 unspecified atom stereocenters. The molecule has 4 nitrogen and oxygen atoms in total. The van der Waals surface area contributed by atoms with E-state index < -0.39 is 0 Å². The zero-order chi connectivity index (χ0) is 20.8. The molecule has 5 heteroatoms. The lowest BCUT2D eigenvalue weighted by molar-refractivity contribution is 0.0951. The van der Waals surface area contributed by atoms with E-state index in [1.165, 1.54) is 12.1 Å². The van der Waals surface area contributed by atoms with Crippen molar-refractivity contribution >= 4 is 5.91 Å². The Morgan fingerprint density at radius 1 is 0.867 bits per heavy atom. The first-order valence-electron chi connectivity index (χ1n) is 9.49. The fourth-order valence-corrected chi connectivity index (χ4v) is 2.99. The van der Waals surface area contributed by atoms with Gasteiger partial charge in [0.05, 0.1) is 0 Å². The minimum absolute atomic E-state index is 0.170. The molecule has 0 saturated carbocycles. The zero-order valence-corrected chi connectivity index (χ0v) is 16.1. The molecule has 1 heterocycles. The Kier molecular flexibility index (Phi) is 5.80. The molecule has 0 fully saturated rings. The summed E-state index contributed by atoms with van der Waals surface area (Å²) in [5.41, 5.74) is 3.29.